The third kappa shape index (κ3) is 35.1. The van der Waals surface area contributed by atoms with Gasteiger partial charge in [-0.05, 0) is 183 Å². The highest BCUT2D eigenvalue weighted by Gasteiger charge is 2.39. The first-order valence-electron chi connectivity index (χ1n) is 48.5. The van der Waals surface area contributed by atoms with Crippen molar-refractivity contribution in [2.75, 3.05) is 138 Å². The van der Waals surface area contributed by atoms with Gasteiger partial charge in [-0.25, -0.2) is 13.2 Å². The van der Waals surface area contributed by atoms with Crippen molar-refractivity contribution < 1.29 is 100 Å². The molecule has 12 rings (SSSR count). The van der Waals surface area contributed by atoms with Crippen LogP contribution >= 0.6 is 11.6 Å². The van der Waals surface area contributed by atoms with Crippen LogP contribution in [0.25, 0.3) is 0 Å². The van der Waals surface area contributed by atoms with Crippen LogP contribution in [-0.2, 0) is 95.9 Å². The predicted molar refractivity (Wildman–Crippen MR) is 521 cm³/mol. The lowest BCUT2D eigenvalue weighted by atomic mass is 9.99. The maximum Gasteiger partial charge on any atom is 0.243 e. The zero-order valence-corrected chi connectivity index (χ0v) is 82.6. The fourth-order valence-electron chi connectivity index (χ4n) is 17.1. The number of carbonyl (C=O) groups excluding carboxylic acids is 9. The van der Waals surface area contributed by atoms with Gasteiger partial charge < -0.3 is 91.6 Å². The van der Waals surface area contributed by atoms with Crippen LogP contribution in [0.5, 0.6) is 34.5 Å². The van der Waals surface area contributed by atoms with E-state index < -0.39 is 119 Å². The van der Waals surface area contributed by atoms with Crippen molar-refractivity contribution in [3.8, 4) is 34.5 Å². The molecule has 15 N–H and O–H groups in total. The highest BCUT2D eigenvalue weighted by molar-refractivity contribution is 6.32. The molecule has 33 nitrogen and oxygen atoms in total. The Balaban J connectivity index is 0.000000215. The SMILES string of the molecule is CC(C)[C@H]1NC(=O)[C@@H](Cc2cc(F)c(O)c(F)c2)N[C@@H](C)COc2ccccc2C[C@H](C)CNC(=O)[C@H](CN2CCOCC2)NC1=O.CC(C)[C@H]1NC(=O)[C@@H](Cc2ccc(O)c(Cl)c2)N[C@@H](C)COc2ccccc2C[C@H](C)CNC(=O)[C@H](CN2CCOCC2)NC1=O.CC(C)[C@H]1NC(=O)[C@@H](Cc2ccc(O)c(F)c2)N[C@@H](C)COc2ccccc2C[C@H](C)CNC(=O)[C@H](CN2CCOCC2)NC1=O. The number of para-hydroxylation sites is 3. The Morgan fingerprint density at radius 3 is 0.942 bits per heavy atom. The molecule has 6 aliphatic heterocycles. The number of nitrogens with one attached hydrogen (secondary N) is 12. The number of carbonyl (C=O) groups is 9. The second-order valence-electron chi connectivity index (χ2n) is 38.5. The topological polar surface area (TPSA) is 424 Å². The highest BCUT2D eigenvalue weighted by atomic mass is 35.5. The average molecular weight is 1960 g/mol. The van der Waals surface area contributed by atoms with E-state index in [1.807, 2.05) is 128 Å². The van der Waals surface area contributed by atoms with Gasteiger partial charge in [-0.1, -0.05) is 141 Å². The Hall–Kier alpha value is -10.9. The van der Waals surface area contributed by atoms with E-state index in [1.54, 1.807) is 32.0 Å². The number of nitrogens with zero attached hydrogens (tertiary/aromatic N) is 3. The summed E-state index contributed by atoms with van der Waals surface area (Å²) in [7, 11) is 0. The third-order valence-corrected chi connectivity index (χ3v) is 25.4. The number of morpholine rings is 3. The second-order valence-corrected chi connectivity index (χ2v) is 38.9. The van der Waals surface area contributed by atoms with E-state index >= 15 is 0 Å². The van der Waals surface area contributed by atoms with Crippen LogP contribution in [0, 0.1) is 53.0 Å². The number of hydrogen-bond acceptors (Lipinski definition) is 24. The summed E-state index contributed by atoms with van der Waals surface area (Å²) >= 11 is 6.18. The zero-order chi connectivity index (χ0) is 101. The Kier molecular flexibility index (Phi) is 43.3. The summed E-state index contributed by atoms with van der Waals surface area (Å²) in [6.07, 6.45) is 2.16. The van der Waals surface area contributed by atoms with Gasteiger partial charge in [0.1, 0.15) is 79.1 Å². The van der Waals surface area contributed by atoms with Gasteiger partial charge in [-0.2, -0.15) is 0 Å². The van der Waals surface area contributed by atoms with E-state index in [4.69, 9.17) is 40.0 Å². The van der Waals surface area contributed by atoms with Crippen molar-refractivity contribution in [3.05, 3.63) is 177 Å². The number of hydrogen-bond donors (Lipinski definition) is 15. The minimum Gasteiger partial charge on any atom is -0.506 e. The summed E-state index contributed by atoms with van der Waals surface area (Å²) in [6, 6.07) is 24.9. The predicted octanol–water partition coefficient (Wildman–Crippen LogP) is 5.95. The molecule has 3 fully saturated rings. The van der Waals surface area contributed by atoms with Gasteiger partial charge in [-0.15, -0.1) is 0 Å². The second kappa shape index (κ2) is 54.7. The summed E-state index contributed by atoms with van der Waals surface area (Å²) in [4.78, 5) is 130. The minimum absolute atomic E-state index is 0.0468. The van der Waals surface area contributed by atoms with Crippen molar-refractivity contribution >= 4 is 64.8 Å². The molecule has 6 aromatic carbocycles. The molecular weight excluding hydrogens is 1820 g/mol. The number of aromatic hydroxyl groups is 3. The zero-order valence-electron chi connectivity index (χ0n) is 81.9. The van der Waals surface area contributed by atoms with Gasteiger partial charge in [-0.3, -0.25) is 73.8 Å². The van der Waals surface area contributed by atoms with Crippen molar-refractivity contribution in [1.29, 1.82) is 0 Å². The number of ether oxygens (including phenoxy) is 6. The summed E-state index contributed by atoms with van der Waals surface area (Å²) in [5.74, 6) is -7.00. The van der Waals surface area contributed by atoms with E-state index in [9.17, 15) is 71.6 Å². The molecule has 3 saturated heterocycles. The molecule has 0 spiro atoms. The lowest BCUT2D eigenvalue weighted by molar-refractivity contribution is -0.134. The number of fused-ring (bicyclic) bond motifs is 3. The number of benzene rings is 6. The first-order valence-corrected chi connectivity index (χ1v) is 48.9. The Labute approximate surface area is 818 Å². The molecule has 0 saturated carbocycles. The summed E-state index contributed by atoms with van der Waals surface area (Å²) in [5.41, 5.74) is 4.31. The molecule has 15 atom stereocenters. The van der Waals surface area contributed by atoms with Gasteiger partial charge in [0.25, 0.3) is 0 Å². The van der Waals surface area contributed by atoms with Crippen LogP contribution in [-0.4, -0.2) is 294 Å². The summed E-state index contributed by atoms with van der Waals surface area (Å²) < 4.78 is 77.7. The molecule has 9 amide bonds. The Bertz CT molecular complexity index is 4810. The number of phenols is 3. The monoisotopic (exact) mass is 1960 g/mol. The van der Waals surface area contributed by atoms with E-state index in [1.165, 1.54) is 18.2 Å². The molecule has 0 aliphatic carbocycles. The van der Waals surface area contributed by atoms with Crippen LogP contribution in [0.1, 0.15) is 116 Å². The van der Waals surface area contributed by atoms with Gasteiger partial charge in [0.05, 0.1) is 62.8 Å². The van der Waals surface area contributed by atoms with Gasteiger partial charge >= 0.3 is 0 Å². The van der Waals surface area contributed by atoms with E-state index in [0.717, 1.165) is 45.9 Å². The van der Waals surface area contributed by atoms with Crippen molar-refractivity contribution in [2.24, 2.45) is 35.5 Å². The standard InChI is InChI=1S/C34H48ClN5O6.C34H47F2N5O6.C34H48FN5O6/c1-21(2)31-34(44)38-28(19-40-11-13-45-14-12-40)32(42)36-18-22(3)15-25-7-5-6-8-30(25)46-20-23(4)37-27(33(43)39-31)17-24-9-10-29(41)26(35)16-24;1-20(2)30-34(45)39-28(18-41-9-11-46-12-10-41)32(43)37-17-21(3)13-24-7-5-6-8-29(24)47-19-22(4)38-27(33(44)40-30)16-23-14-25(35)31(42)26(36)15-23;1-21(2)31-34(44)38-28(19-40-11-13-45-14-12-40)32(42)36-18-22(3)15-25-7-5-6-8-30(25)46-20-23(4)37-27(33(43)39-31)17-24-9-10-29(41)26(35)16-24/h5-10,16,21-23,27-28,31,37,41H,11-15,17-20H2,1-4H3,(H,36,42)(H,38,44)(H,39,43);5-8,14-15,20-22,27-28,30,38,42H,9-13,16-19H2,1-4H3,(H,37,43)(H,39,45)(H,40,44);5-10,16,21-23,27-28,31,37,41H,11-15,17-20H2,1-4H3,(H,36,42)(H,38,44)(H,39,43)/t22-,23-,27+,28-,31+;21-,22-,27+,28-,30+;22-,23-,27+,28-,31+/m000/s1. The molecule has 139 heavy (non-hydrogen) atoms. The average Bonchev–Trinajstić information content (AvgIpc) is 0.840. The summed E-state index contributed by atoms with van der Waals surface area (Å²) in [5, 5.41) is 65.7. The van der Waals surface area contributed by atoms with Gasteiger partial charge in [0.2, 0.25) is 53.2 Å². The lowest BCUT2D eigenvalue weighted by Gasteiger charge is -2.32. The highest BCUT2D eigenvalue weighted by Crippen LogP contribution is 2.30. The van der Waals surface area contributed by atoms with Crippen LogP contribution in [0.15, 0.2) is 121 Å². The molecule has 6 heterocycles. The van der Waals surface area contributed by atoms with E-state index in [2.05, 4.69) is 92.3 Å². The maximum atomic E-state index is 14.2. The quantitative estimate of drug-likeness (QED) is 0.0564. The van der Waals surface area contributed by atoms with E-state index in [-0.39, 0.29) is 127 Å². The maximum absolute atomic E-state index is 14.2. The summed E-state index contributed by atoms with van der Waals surface area (Å²) in [6.45, 7) is 32.6. The molecule has 0 bridgehead atoms. The Morgan fingerprint density at radius 2 is 0.640 bits per heavy atom. The first-order chi connectivity index (χ1) is 66.4. The molecule has 0 unspecified atom stereocenters. The molecule has 0 radical (unpaired) electrons. The largest absolute Gasteiger partial charge is 0.506 e. The fourth-order valence-corrected chi connectivity index (χ4v) is 17.3. The number of phenolic OH excluding ortho intramolecular Hbond substituents is 3. The van der Waals surface area contributed by atoms with Gasteiger partial charge in [0, 0.05) is 96.7 Å². The van der Waals surface area contributed by atoms with Crippen molar-refractivity contribution in [2.45, 2.75) is 194 Å². The van der Waals surface area contributed by atoms with Crippen molar-refractivity contribution in [1.82, 2.24) is 78.5 Å². The normalized spacial score (nSPS) is 26.0. The van der Waals surface area contributed by atoms with E-state index in [0.29, 0.717) is 149 Å². The Morgan fingerprint density at radius 1 is 0.353 bits per heavy atom. The van der Waals surface area contributed by atoms with Crippen LogP contribution in [0.2, 0.25) is 5.02 Å². The fraction of sp³-hybridized carbons (Fsp3) is 0.559. The molecule has 6 aliphatic rings. The molecule has 6 aromatic rings. The molecule has 0 aromatic heterocycles. The molecule has 762 valence electrons. The molecular formula is C102H143ClF3N15O18. The number of amides is 9. The third-order valence-electron chi connectivity index (χ3n) is 25.1. The van der Waals surface area contributed by atoms with Crippen molar-refractivity contribution in [3.63, 3.8) is 0 Å². The lowest BCUT2D eigenvalue weighted by Crippen LogP contribution is -2.61. The molecule has 37 heteroatoms. The van der Waals surface area contributed by atoms with Crippen LogP contribution in [0.4, 0.5) is 13.2 Å². The van der Waals surface area contributed by atoms with Crippen LogP contribution in [0.3, 0.4) is 0 Å². The van der Waals surface area contributed by atoms with Crippen LogP contribution < -0.4 is 78.0 Å². The minimum atomic E-state index is -1.15. The number of halogens is 4. The van der Waals surface area contributed by atoms with Gasteiger partial charge in [0.15, 0.2) is 29.0 Å². The number of rotatable bonds is 15. The first kappa shape index (κ1) is 110. The smallest absolute Gasteiger partial charge is 0.243 e.